The first-order valence-corrected chi connectivity index (χ1v) is 12.4. The molecule has 1 amide bonds. The smallest absolute Gasteiger partial charge is 0.358 e. The molecule has 4 rings (SSSR count). The molecule has 2 aliphatic rings. The van der Waals surface area contributed by atoms with Gasteiger partial charge in [-0.3, -0.25) is 14.7 Å². The Morgan fingerprint density at radius 3 is 2.62 bits per heavy atom. The van der Waals surface area contributed by atoms with E-state index in [1.807, 2.05) is 32.0 Å². The predicted molar refractivity (Wildman–Crippen MR) is 135 cm³/mol. The minimum absolute atomic E-state index is 0.0368. The van der Waals surface area contributed by atoms with E-state index >= 15 is 0 Å². The van der Waals surface area contributed by atoms with Gasteiger partial charge >= 0.3 is 5.97 Å². The zero-order chi connectivity index (χ0) is 27.0. The molecule has 10 nitrogen and oxygen atoms in total. The molecule has 2 atom stereocenters. The minimum Gasteiger partial charge on any atom is -0.358 e. The second-order valence-corrected chi connectivity index (χ2v) is 11.5. The molecule has 1 saturated heterocycles. The quantitative estimate of drug-likeness (QED) is 0.379. The fraction of sp³-hybridized carbons (Fsp3) is 0.519. The number of rotatable bonds is 5. The van der Waals surface area contributed by atoms with E-state index in [1.54, 1.807) is 6.92 Å². The lowest BCUT2D eigenvalue weighted by atomic mass is 9.77. The summed E-state index contributed by atoms with van der Waals surface area (Å²) in [5, 5.41) is 21.0. The molecule has 2 aromatic rings. The standard InChI is InChI=1S/C27H33N5O5/c1-25(2)10-8-16(9-11-25)21-20(32-23(33)22-29-15-18(14-28)30-22)7-6-19(31-21)17-12-26(3,4)37-27(5,13-17)24(34)36-35/h6-8,15,17,35H,9-13H2,1-5H3,(H,29,30)(H,32,33). The van der Waals surface area contributed by atoms with Crippen molar-refractivity contribution in [2.75, 3.05) is 5.32 Å². The van der Waals surface area contributed by atoms with Crippen molar-refractivity contribution in [3.05, 3.63) is 47.3 Å². The number of H-pyrrole nitrogens is 1. The number of carbonyl (C=O) groups is 2. The molecule has 0 radical (unpaired) electrons. The molecule has 1 aliphatic carbocycles. The van der Waals surface area contributed by atoms with E-state index in [1.165, 1.54) is 6.20 Å². The molecule has 0 spiro atoms. The number of hydrogen-bond donors (Lipinski definition) is 3. The largest absolute Gasteiger partial charge is 0.373 e. The van der Waals surface area contributed by atoms with Crippen LogP contribution in [0.25, 0.3) is 5.57 Å². The molecule has 3 N–H and O–H groups in total. The molecule has 2 unspecified atom stereocenters. The summed E-state index contributed by atoms with van der Waals surface area (Å²) in [6, 6.07) is 5.58. The summed E-state index contributed by atoms with van der Waals surface area (Å²) in [5.74, 6) is -1.43. The third kappa shape index (κ3) is 5.73. The molecular formula is C27H33N5O5. The summed E-state index contributed by atoms with van der Waals surface area (Å²) in [6.07, 6.45) is 7.04. The lowest BCUT2D eigenvalue weighted by Gasteiger charge is -2.44. The van der Waals surface area contributed by atoms with Crippen molar-refractivity contribution in [3.63, 3.8) is 0 Å². The van der Waals surface area contributed by atoms with Gasteiger partial charge in [0.25, 0.3) is 5.91 Å². The van der Waals surface area contributed by atoms with Gasteiger partial charge in [-0.15, -0.1) is 0 Å². The third-order valence-corrected chi connectivity index (χ3v) is 7.16. The summed E-state index contributed by atoms with van der Waals surface area (Å²) in [4.78, 5) is 41.0. The maximum Gasteiger partial charge on any atom is 0.373 e. The molecule has 0 bridgehead atoms. The zero-order valence-corrected chi connectivity index (χ0v) is 21.8. The fourth-order valence-electron chi connectivity index (χ4n) is 5.27. The number of hydrogen-bond acceptors (Lipinski definition) is 8. The van der Waals surface area contributed by atoms with E-state index in [0.717, 1.165) is 30.5 Å². The summed E-state index contributed by atoms with van der Waals surface area (Å²) in [7, 11) is 0. The second kappa shape index (κ2) is 9.72. The first-order valence-electron chi connectivity index (χ1n) is 12.4. The number of nitriles is 1. The number of carbonyl (C=O) groups excluding carboxylic acids is 2. The van der Waals surface area contributed by atoms with Gasteiger partial charge in [-0.05, 0) is 76.0 Å². The van der Waals surface area contributed by atoms with Gasteiger partial charge in [0.05, 0.1) is 23.2 Å². The van der Waals surface area contributed by atoms with Crippen LogP contribution in [0.3, 0.4) is 0 Å². The molecule has 3 heterocycles. The van der Waals surface area contributed by atoms with Crippen LogP contribution in [0.15, 0.2) is 24.4 Å². The number of aromatic nitrogens is 3. The van der Waals surface area contributed by atoms with Crippen LogP contribution >= 0.6 is 0 Å². The average Bonchev–Trinajstić information content (AvgIpc) is 3.32. The van der Waals surface area contributed by atoms with E-state index in [-0.39, 0.29) is 29.3 Å². The molecule has 0 aromatic carbocycles. The molecular weight excluding hydrogens is 474 g/mol. The SMILES string of the molecule is CC1(C)CC=C(c2nc(C3CC(C)(C)OC(C)(C(=O)OO)C3)ccc2NC(=O)c2ncc(C#N)[nH]2)CC1. The van der Waals surface area contributed by atoms with Crippen molar-refractivity contribution in [2.24, 2.45) is 5.41 Å². The predicted octanol–water partition coefficient (Wildman–Crippen LogP) is 4.97. The first kappa shape index (κ1) is 26.5. The van der Waals surface area contributed by atoms with Gasteiger partial charge in [-0.25, -0.2) is 9.78 Å². The summed E-state index contributed by atoms with van der Waals surface area (Å²) in [5.41, 5.74) is 1.40. The van der Waals surface area contributed by atoms with Gasteiger partial charge in [0.1, 0.15) is 11.8 Å². The fourth-order valence-corrected chi connectivity index (χ4v) is 5.27. The Morgan fingerprint density at radius 1 is 1.24 bits per heavy atom. The van der Waals surface area contributed by atoms with E-state index in [4.69, 9.17) is 20.2 Å². The number of amides is 1. The van der Waals surface area contributed by atoms with Crippen LogP contribution in [-0.4, -0.2) is 43.3 Å². The van der Waals surface area contributed by atoms with E-state index in [9.17, 15) is 9.59 Å². The number of ether oxygens (including phenoxy) is 1. The van der Waals surface area contributed by atoms with Crippen molar-refractivity contribution >= 4 is 23.1 Å². The number of allylic oxidation sites excluding steroid dienone is 2. The molecule has 1 aliphatic heterocycles. The number of nitrogens with one attached hydrogen (secondary N) is 2. The van der Waals surface area contributed by atoms with Gasteiger partial charge in [-0.2, -0.15) is 10.5 Å². The Morgan fingerprint density at radius 2 is 2.00 bits per heavy atom. The zero-order valence-electron chi connectivity index (χ0n) is 21.8. The third-order valence-electron chi connectivity index (χ3n) is 7.16. The van der Waals surface area contributed by atoms with E-state index < -0.39 is 23.1 Å². The summed E-state index contributed by atoms with van der Waals surface area (Å²) < 4.78 is 6.01. The van der Waals surface area contributed by atoms with Crippen molar-refractivity contribution in [3.8, 4) is 6.07 Å². The number of nitrogens with zero attached hydrogens (tertiary/aromatic N) is 3. The van der Waals surface area contributed by atoms with Gasteiger partial charge in [-0.1, -0.05) is 19.9 Å². The number of aromatic amines is 1. The van der Waals surface area contributed by atoms with Crippen molar-refractivity contribution in [1.82, 2.24) is 15.0 Å². The van der Waals surface area contributed by atoms with Crippen LogP contribution in [0.2, 0.25) is 0 Å². The highest BCUT2D eigenvalue weighted by Gasteiger charge is 2.49. The summed E-state index contributed by atoms with van der Waals surface area (Å²) >= 11 is 0. The number of imidazole rings is 1. The van der Waals surface area contributed by atoms with Crippen LogP contribution in [0.4, 0.5) is 5.69 Å². The highest BCUT2D eigenvalue weighted by atomic mass is 17.1. The van der Waals surface area contributed by atoms with E-state index in [0.29, 0.717) is 17.8 Å². The molecule has 1 fully saturated rings. The highest BCUT2D eigenvalue weighted by Crippen LogP contribution is 2.45. The van der Waals surface area contributed by atoms with Crippen LogP contribution in [0, 0.1) is 16.7 Å². The van der Waals surface area contributed by atoms with Gasteiger partial charge in [0, 0.05) is 11.6 Å². The van der Waals surface area contributed by atoms with Crippen molar-refractivity contribution in [2.45, 2.75) is 83.8 Å². The van der Waals surface area contributed by atoms with E-state index in [2.05, 4.69) is 40.1 Å². The molecule has 196 valence electrons. The van der Waals surface area contributed by atoms with Crippen LogP contribution < -0.4 is 5.32 Å². The van der Waals surface area contributed by atoms with Crippen molar-refractivity contribution in [1.29, 1.82) is 5.26 Å². The monoisotopic (exact) mass is 507 g/mol. The first-order chi connectivity index (χ1) is 17.3. The Bertz CT molecular complexity index is 1290. The minimum atomic E-state index is -1.33. The van der Waals surface area contributed by atoms with Gasteiger partial charge in [0.15, 0.2) is 11.4 Å². The van der Waals surface area contributed by atoms with Crippen molar-refractivity contribution < 1.29 is 24.5 Å². The average molecular weight is 508 g/mol. The normalized spacial score (nSPS) is 24.5. The second-order valence-electron chi connectivity index (χ2n) is 11.5. The maximum atomic E-state index is 12.9. The van der Waals surface area contributed by atoms with Crippen LogP contribution in [0.1, 0.15) is 100 Å². The molecule has 37 heavy (non-hydrogen) atoms. The Balaban J connectivity index is 1.71. The van der Waals surface area contributed by atoms with Crippen LogP contribution in [0.5, 0.6) is 0 Å². The summed E-state index contributed by atoms with van der Waals surface area (Å²) in [6.45, 7) is 9.84. The highest BCUT2D eigenvalue weighted by molar-refractivity contribution is 6.03. The van der Waals surface area contributed by atoms with Gasteiger partial charge in [0.2, 0.25) is 0 Å². The number of pyridine rings is 1. The lowest BCUT2D eigenvalue weighted by molar-refractivity contribution is -0.269. The van der Waals surface area contributed by atoms with Crippen LogP contribution in [-0.2, 0) is 14.4 Å². The van der Waals surface area contributed by atoms with Gasteiger partial charge < -0.3 is 15.0 Å². The molecule has 2 aromatic heterocycles. The molecule has 0 saturated carbocycles. The Hall–Kier alpha value is -3.55. The maximum absolute atomic E-state index is 12.9. The topological polar surface area (TPSA) is 150 Å². The Kier molecular flexibility index (Phi) is 6.97. The Labute approximate surface area is 216 Å². The lowest BCUT2D eigenvalue weighted by Crippen LogP contribution is -2.51. The molecule has 10 heteroatoms. The number of anilines is 1.